The van der Waals surface area contributed by atoms with Gasteiger partial charge in [0.05, 0.1) is 0 Å². The summed E-state index contributed by atoms with van der Waals surface area (Å²) in [5.74, 6) is -4.34. The highest BCUT2D eigenvalue weighted by Gasteiger charge is 2.22. The summed E-state index contributed by atoms with van der Waals surface area (Å²) in [7, 11) is 0. The van der Waals surface area contributed by atoms with Gasteiger partial charge >= 0.3 is 53.7 Å². The molecule has 0 N–H and O–H groups in total. The van der Waals surface area contributed by atoms with Gasteiger partial charge in [-0.05, 0) is 192 Å². The molecule has 8 aromatic rings. The number of hydrogen-bond acceptors (Lipinski definition) is 18. The predicted octanol–water partition coefficient (Wildman–Crippen LogP) is 17.9. The van der Waals surface area contributed by atoms with E-state index in [9.17, 15) is 43.2 Å². The maximum Gasteiger partial charge on any atom is 0.338 e. The van der Waals surface area contributed by atoms with Crippen molar-refractivity contribution in [3.8, 4) is 107 Å². The molecule has 0 saturated heterocycles. The lowest BCUT2D eigenvalue weighted by atomic mass is 9.99. The number of esters is 9. The van der Waals surface area contributed by atoms with Gasteiger partial charge in [0, 0.05) is 61.3 Å². The molecule has 0 aliphatic heterocycles. The van der Waals surface area contributed by atoms with Crippen molar-refractivity contribution < 1.29 is 90.2 Å². The zero-order chi connectivity index (χ0) is 76.1. The van der Waals surface area contributed by atoms with Gasteiger partial charge in [-0.25, -0.2) is 47.5 Å². The standard InChI is InChI=1S/C34H29FO8.C30H26O6.C20H18O4/c1-18(2)31(36)40-27-13-10-23(16-29(27)42-33(38)20(5)6)22-9-12-25(26(35)15-22)24-11-14-28(41-32(37)19(3)4)30(17-24)43-34(39)21(7)8;1-18(2)28(31)34-24-12-7-21(8-13-24)23-11-16-26(27(17-23)36-30(33)20(5)6)22-9-14-25(15-10-22)35-29(32)19(3)4;1-13(2)19(21)23-17-9-5-15(6-10-17)16-7-11-18(12-8-16)24-20(22)14(3)4/h9-17H,1,3,5,7H2,2,4,6,8H3;7-17H,1,3,5H2,2,4,6H3;5-12H,1,3H2,2,4H3. The van der Waals surface area contributed by atoms with Gasteiger partial charge in [0.1, 0.15) is 34.6 Å². The SMILES string of the molecule is C=C(C)C(=O)Oc1ccc(-c2ccc(-c3ccc(OC(=O)C(=C)C)c(OC(=O)C(=C)C)c3)c(F)c2)cc1OC(=O)C(=C)C.C=C(C)C(=O)Oc1ccc(-c2ccc(-c3ccc(OC(=O)C(=C)C)cc3)c(OC(=O)C(=C)C)c2)cc1.C=C(C)C(=O)Oc1ccc(-c2ccc(OC(=O)C(=C)C)cc2)cc1. The molecule has 0 fully saturated rings. The zero-order valence-corrected chi connectivity index (χ0v) is 58.3. The first kappa shape index (κ1) is 78.6. The van der Waals surface area contributed by atoms with Crippen molar-refractivity contribution in [3.05, 3.63) is 285 Å². The van der Waals surface area contributed by atoms with E-state index in [0.717, 1.165) is 27.8 Å². The van der Waals surface area contributed by atoms with Gasteiger partial charge in [0.15, 0.2) is 23.0 Å². The molecular weight excluding hydrogens is 1320 g/mol. The summed E-state index contributed by atoms with van der Waals surface area (Å²) in [6.07, 6.45) is 0. The molecule has 0 aliphatic carbocycles. The van der Waals surface area contributed by atoms with Crippen LogP contribution >= 0.6 is 0 Å². The average Bonchev–Trinajstić information content (AvgIpc) is 0.807. The Bertz CT molecular complexity index is 4730. The van der Waals surface area contributed by atoms with E-state index in [2.05, 4.69) is 59.2 Å². The first-order valence-corrected chi connectivity index (χ1v) is 31.1. The third-order valence-electron chi connectivity index (χ3n) is 13.9. The van der Waals surface area contributed by atoms with Crippen LogP contribution < -0.4 is 42.6 Å². The lowest BCUT2D eigenvalue weighted by molar-refractivity contribution is -0.132. The monoisotopic (exact) mass is 1390 g/mol. The van der Waals surface area contributed by atoms with Crippen molar-refractivity contribution in [2.75, 3.05) is 0 Å². The van der Waals surface area contributed by atoms with Crippen LogP contribution in [0.5, 0.6) is 51.7 Å². The van der Waals surface area contributed by atoms with E-state index in [1.165, 1.54) is 70.2 Å². The van der Waals surface area contributed by atoms with E-state index in [1.807, 2.05) is 36.4 Å². The number of hydrogen-bond donors (Lipinski definition) is 0. The Morgan fingerprint density at radius 3 is 0.728 bits per heavy atom. The topological polar surface area (TPSA) is 237 Å². The van der Waals surface area contributed by atoms with Gasteiger partial charge in [0.2, 0.25) is 0 Å². The molecule has 8 aromatic carbocycles. The van der Waals surface area contributed by atoms with Crippen LogP contribution in [0.1, 0.15) is 62.3 Å². The molecule has 0 atom stereocenters. The third-order valence-corrected chi connectivity index (χ3v) is 13.9. The van der Waals surface area contributed by atoms with Crippen LogP contribution in [0.3, 0.4) is 0 Å². The van der Waals surface area contributed by atoms with Crippen molar-refractivity contribution in [1.29, 1.82) is 0 Å². The second-order valence-corrected chi connectivity index (χ2v) is 23.4. The highest BCUT2D eigenvalue weighted by Crippen LogP contribution is 2.40. The van der Waals surface area contributed by atoms with Crippen LogP contribution in [-0.2, 0) is 43.2 Å². The van der Waals surface area contributed by atoms with E-state index < -0.39 is 59.5 Å². The van der Waals surface area contributed by atoms with Crippen molar-refractivity contribution in [2.24, 2.45) is 0 Å². The van der Waals surface area contributed by atoms with Gasteiger partial charge in [-0.15, -0.1) is 0 Å². The van der Waals surface area contributed by atoms with Crippen LogP contribution in [0, 0.1) is 5.82 Å². The molecule has 524 valence electrons. The molecule has 8 rings (SSSR count). The average molecular weight is 1390 g/mol. The minimum atomic E-state index is -0.763. The molecule has 103 heavy (non-hydrogen) atoms. The maximum absolute atomic E-state index is 15.5. The van der Waals surface area contributed by atoms with Crippen molar-refractivity contribution in [1.82, 2.24) is 0 Å². The van der Waals surface area contributed by atoms with Crippen LogP contribution in [0.15, 0.2) is 279 Å². The Morgan fingerprint density at radius 1 is 0.214 bits per heavy atom. The molecule has 0 aliphatic rings. The molecule has 0 heterocycles. The fourth-order valence-corrected chi connectivity index (χ4v) is 8.21. The van der Waals surface area contributed by atoms with Gasteiger partial charge in [0.25, 0.3) is 0 Å². The molecule has 18 nitrogen and oxygen atoms in total. The van der Waals surface area contributed by atoms with Gasteiger partial charge in [-0.2, -0.15) is 0 Å². The summed E-state index contributed by atoms with van der Waals surface area (Å²) in [4.78, 5) is 107. The summed E-state index contributed by atoms with van der Waals surface area (Å²) in [6.45, 7) is 45.8. The van der Waals surface area contributed by atoms with Crippen LogP contribution in [0.4, 0.5) is 4.39 Å². The normalized spacial score (nSPS) is 10.2. The fourth-order valence-electron chi connectivity index (χ4n) is 8.21. The summed E-state index contributed by atoms with van der Waals surface area (Å²) < 4.78 is 63.2. The second kappa shape index (κ2) is 35.9. The molecule has 0 bridgehead atoms. The number of ether oxygens (including phenoxy) is 9. The summed E-state index contributed by atoms with van der Waals surface area (Å²) in [5.41, 5.74) is 8.29. The Morgan fingerprint density at radius 2 is 0.417 bits per heavy atom. The number of carbonyl (C=O) groups excluding carboxylic acids is 9. The Hall–Kier alpha value is -13.4. The van der Waals surface area contributed by atoms with E-state index in [1.54, 1.807) is 126 Å². The number of rotatable bonds is 23. The minimum absolute atomic E-state index is 0.0345. The van der Waals surface area contributed by atoms with Gasteiger partial charge in [-0.3, -0.25) is 0 Å². The van der Waals surface area contributed by atoms with E-state index in [4.69, 9.17) is 42.6 Å². The van der Waals surface area contributed by atoms with E-state index in [-0.39, 0.29) is 56.4 Å². The lowest BCUT2D eigenvalue weighted by Gasteiger charge is -2.14. The lowest BCUT2D eigenvalue weighted by Crippen LogP contribution is -2.13. The predicted molar refractivity (Wildman–Crippen MR) is 391 cm³/mol. The fraction of sp³-hybridized carbons (Fsp3) is 0.107. The van der Waals surface area contributed by atoms with Crippen molar-refractivity contribution >= 4 is 53.7 Å². The van der Waals surface area contributed by atoms with Gasteiger partial charge < -0.3 is 42.6 Å². The molecule has 0 unspecified atom stereocenters. The van der Waals surface area contributed by atoms with Gasteiger partial charge in [-0.1, -0.05) is 144 Å². The van der Waals surface area contributed by atoms with Crippen molar-refractivity contribution in [3.63, 3.8) is 0 Å². The van der Waals surface area contributed by atoms with Crippen LogP contribution in [-0.4, -0.2) is 53.7 Å². The molecule has 0 aromatic heterocycles. The number of halogens is 1. The first-order valence-electron chi connectivity index (χ1n) is 31.1. The highest BCUT2D eigenvalue weighted by atomic mass is 19.1. The molecule has 0 radical (unpaired) electrons. The summed E-state index contributed by atoms with van der Waals surface area (Å²) in [6, 6.07) is 46.5. The number of benzene rings is 8. The number of carbonyl (C=O) groups is 9. The Labute approximate surface area is 595 Å². The maximum atomic E-state index is 15.5. The zero-order valence-electron chi connectivity index (χ0n) is 58.3. The molecule has 0 saturated carbocycles. The van der Waals surface area contributed by atoms with E-state index >= 15 is 4.39 Å². The molecular formula is C84H73FO18. The second-order valence-electron chi connectivity index (χ2n) is 23.4. The largest absolute Gasteiger partial charge is 0.423 e. The smallest absolute Gasteiger partial charge is 0.338 e. The van der Waals surface area contributed by atoms with E-state index in [0.29, 0.717) is 73.3 Å². The first-order chi connectivity index (χ1) is 48.6. The van der Waals surface area contributed by atoms with Crippen molar-refractivity contribution in [2.45, 2.75) is 62.3 Å². The summed E-state index contributed by atoms with van der Waals surface area (Å²) >= 11 is 0. The van der Waals surface area contributed by atoms with Crippen LogP contribution in [0.2, 0.25) is 0 Å². The Kier molecular flexibility index (Phi) is 27.4. The summed E-state index contributed by atoms with van der Waals surface area (Å²) in [5, 5.41) is 0. The minimum Gasteiger partial charge on any atom is -0.423 e. The Balaban J connectivity index is 0.000000252. The quantitative estimate of drug-likeness (QED) is 0.0329. The highest BCUT2D eigenvalue weighted by molar-refractivity contribution is 5.95. The molecule has 0 spiro atoms. The third kappa shape index (κ3) is 22.8. The molecule has 0 amide bonds. The van der Waals surface area contributed by atoms with Crippen LogP contribution in [0.25, 0.3) is 55.6 Å². The molecule has 19 heteroatoms.